The van der Waals surface area contributed by atoms with Gasteiger partial charge in [0.2, 0.25) is 5.91 Å². The second-order valence-electron chi connectivity index (χ2n) is 6.53. The van der Waals surface area contributed by atoms with Crippen molar-refractivity contribution in [2.75, 3.05) is 7.05 Å². The number of carbonyl (C=O) groups excluding carboxylic acids is 1. The van der Waals surface area contributed by atoms with Gasteiger partial charge in [0.25, 0.3) is 0 Å². The summed E-state index contributed by atoms with van der Waals surface area (Å²) in [5.41, 5.74) is 9.70. The maximum atomic E-state index is 12.0. The normalized spacial score (nSPS) is 12.0. The van der Waals surface area contributed by atoms with Crippen LogP contribution in [-0.4, -0.2) is 33.0 Å². The van der Waals surface area contributed by atoms with E-state index in [4.69, 9.17) is 5.73 Å². The molecule has 1 unspecified atom stereocenters. The fraction of sp³-hybridized carbons (Fsp3) is 0.300. The summed E-state index contributed by atoms with van der Waals surface area (Å²) in [6.45, 7) is 4.02. The number of nitrogens with two attached hydrogens (primary N) is 1. The molecule has 0 saturated heterocycles. The summed E-state index contributed by atoms with van der Waals surface area (Å²) in [6, 6.07) is 11.9. The Morgan fingerprint density at radius 1 is 1.26 bits per heavy atom. The van der Waals surface area contributed by atoms with Crippen LogP contribution in [0.4, 0.5) is 0 Å². The molecule has 0 bridgehead atoms. The summed E-state index contributed by atoms with van der Waals surface area (Å²) in [7, 11) is 1.79. The van der Waals surface area contributed by atoms with E-state index in [-0.39, 0.29) is 11.9 Å². The van der Waals surface area contributed by atoms with Crippen molar-refractivity contribution in [2.45, 2.75) is 32.9 Å². The van der Waals surface area contributed by atoms with Crippen LogP contribution < -0.4 is 5.73 Å². The molecule has 2 aromatic heterocycles. The Hall–Kier alpha value is -2.64. The number of benzene rings is 1. The number of hydrogen-bond acceptors (Lipinski definition) is 6. The van der Waals surface area contributed by atoms with Gasteiger partial charge in [0, 0.05) is 38.7 Å². The van der Waals surface area contributed by atoms with E-state index in [0.717, 1.165) is 26.8 Å². The third kappa shape index (κ3) is 4.56. The molecule has 2 heterocycles. The molecular weight excluding hydrogens is 358 g/mol. The Bertz CT molecular complexity index is 922. The SMILES string of the molecule is CC(=O)N(C)C(Cc1ccc(CN)nc1)c1nnc(-c2cccc(C)c2)s1. The summed E-state index contributed by atoms with van der Waals surface area (Å²) < 4.78 is 0. The van der Waals surface area contributed by atoms with E-state index >= 15 is 0 Å². The zero-order valence-corrected chi connectivity index (χ0v) is 16.5. The quantitative estimate of drug-likeness (QED) is 0.709. The lowest BCUT2D eigenvalue weighted by Gasteiger charge is -2.25. The van der Waals surface area contributed by atoms with Gasteiger partial charge < -0.3 is 10.6 Å². The molecule has 0 spiro atoms. The molecular formula is C20H23N5OS. The van der Waals surface area contributed by atoms with Gasteiger partial charge in [-0.2, -0.15) is 0 Å². The molecule has 0 aliphatic rings. The second kappa shape index (κ2) is 8.37. The van der Waals surface area contributed by atoms with Crippen molar-refractivity contribution in [3.63, 3.8) is 0 Å². The summed E-state index contributed by atoms with van der Waals surface area (Å²) >= 11 is 1.52. The number of rotatable bonds is 6. The lowest BCUT2D eigenvalue weighted by Crippen LogP contribution is -2.30. The van der Waals surface area contributed by atoms with Crippen LogP contribution in [0.25, 0.3) is 10.6 Å². The minimum absolute atomic E-state index is 0.0150. The topological polar surface area (TPSA) is 85.0 Å². The van der Waals surface area contributed by atoms with E-state index in [1.807, 2.05) is 30.5 Å². The van der Waals surface area contributed by atoms with E-state index in [1.54, 1.807) is 18.9 Å². The fourth-order valence-electron chi connectivity index (χ4n) is 2.79. The largest absolute Gasteiger partial charge is 0.336 e. The van der Waals surface area contributed by atoms with E-state index < -0.39 is 0 Å². The highest BCUT2D eigenvalue weighted by atomic mass is 32.1. The Morgan fingerprint density at radius 3 is 2.70 bits per heavy atom. The van der Waals surface area contributed by atoms with Gasteiger partial charge in [-0.05, 0) is 24.6 Å². The lowest BCUT2D eigenvalue weighted by atomic mass is 10.1. The molecule has 0 fully saturated rings. The first-order valence-electron chi connectivity index (χ1n) is 8.75. The number of amides is 1. The molecule has 1 amide bonds. The molecule has 6 nitrogen and oxygen atoms in total. The Morgan fingerprint density at radius 2 is 2.07 bits per heavy atom. The molecule has 0 saturated carbocycles. The monoisotopic (exact) mass is 381 g/mol. The van der Waals surface area contributed by atoms with Gasteiger partial charge in [-0.3, -0.25) is 9.78 Å². The number of carbonyl (C=O) groups is 1. The first kappa shape index (κ1) is 19.1. The Kier molecular flexibility index (Phi) is 5.93. The summed E-state index contributed by atoms with van der Waals surface area (Å²) in [6.07, 6.45) is 2.43. The average Bonchev–Trinajstić information content (AvgIpc) is 3.16. The first-order chi connectivity index (χ1) is 13.0. The molecule has 0 aliphatic carbocycles. The number of hydrogen-bond donors (Lipinski definition) is 1. The molecule has 27 heavy (non-hydrogen) atoms. The van der Waals surface area contributed by atoms with Crippen molar-refractivity contribution in [2.24, 2.45) is 5.73 Å². The van der Waals surface area contributed by atoms with Gasteiger partial charge >= 0.3 is 0 Å². The van der Waals surface area contributed by atoms with Crippen LogP contribution in [0.5, 0.6) is 0 Å². The number of aromatic nitrogens is 3. The zero-order valence-electron chi connectivity index (χ0n) is 15.7. The fourth-order valence-corrected chi connectivity index (χ4v) is 3.78. The van der Waals surface area contributed by atoms with Gasteiger partial charge in [0.1, 0.15) is 10.0 Å². The predicted molar refractivity (Wildman–Crippen MR) is 107 cm³/mol. The van der Waals surface area contributed by atoms with Gasteiger partial charge in [-0.25, -0.2) is 0 Å². The number of aryl methyl sites for hydroxylation is 1. The van der Waals surface area contributed by atoms with E-state index in [1.165, 1.54) is 16.9 Å². The third-order valence-electron chi connectivity index (χ3n) is 4.48. The van der Waals surface area contributed by atoms with Crippen molar-refractivity contribution in [3.8, 4) is 10.6 Å². The van der Waals surface area contributed by atoms with Crippen LogP contribution in [-0.2, 0) is 17.8 Å². The van der Waals surface area contributed by atoms with Crippen molar-refractivity contribution >= 4 is 17.2 Å². The van der Waals surface area contributed by atoms with Crippen molar-refractivity contribution in [1.29, 1.82) is 0 Å². The highest BCUT2D eigenvalue weighted by Crippen LogP contribution is 2.31. The smallest absolute Gasteiger partial charge is 0.219 e. The minimum atomic E-state index is -0.191. The van der Waals surface area contributed by atoms with Crippen LogP contribution >= 0.6 is 11.3 Å². The standard InChI is InChI=1S/C20H23N5OS/c1-13-5-4-6-16(9-13)19-23-24-20(27-19)18(25(3)14(2)26)10-15-7-8-17(11-21)22-12-15/h4-9,12,18H,10-11,21H2,1-3H3. The second-order valence-corrected chi connectivity index (χ2v) is 7.54. The molecule has 140 valence electrons. The average molecular weight is 382 g/mol. The van der Waals surface area contributed by atoms with Gasteiger partial charge in [0.15, 0.2) is 0 Å². The first-order valence-corrected chi connectivity index (χ1v) is 9.57. The summed E-state index contributed by atoms with van der Waals surface area (Å²) in [5, 5.41) is 10.4. The molecule has 3 rings (SSSR count). The third-order valence-corrected chi connectivity index (χ3v) is 5.55. The van der Waals surface area contributed by atoms with E-state index in [0.29, 0.717) is 13.0 Å². The Labute approximate surface area is 163 Å². The molecule has 1 aromatic carbocycles. The van der Waals surface area contributed by atoms with Crippen LogP contribution in [0, 0.1) is 6.92 Å². The van der Waals surface area contributed by atoms with Crippen molar-refractivity contribution in [3.05, 3.63) is 64.4 Å². The maximum absolute atomic E-state index is 12.0. The van der Waals surface area contributed by atoms with E-state index in [9.17, 15) is 4.79 Å². The Balaban J connectivity index is 1.90. The molecule has 0 aliphatic heterocycles. The molecule has 1 atom stereocenters. The number of nitrogens with zero attached hydrogens (tertiary/aromatic N) is 4. The zero-order chi connectivity index (χ0) is 19.4. The van der Waals surface area contributed by atoms with Crippen LogP contribution in [0.2, 0.25) is 0 Å². The predicted octanol–water partition coefficient (Wildman–Crippen LogP) is 3.13. The van der Waals surface area contributed by atoms with Crippen LogP contribution in [0.15, 0.2) is 42.6 Å². The molecule has 3 aromatic rings. The van der Waals surface area contributed by atoms with Crippen LogP contribution in [0.1, 0.15) is 34.8 Å². The highest BCUT2D eigenvalue weighted by Gasteiger charge is 2.24. The minimum Gasteiger partial charge on any atom is -0.336 e. The van der Waals surface area contributed by atoms with Gasteiger partial charge in [-0.1, -0.05) is 41.2 Å². The number of pyridine rings is 1. The van der Waals surface area contributed by atoms with Crippen LogP contribution in [0.3, 0.4) is 0 Å². The molecule has 7 heteroatoms. The molecule has 2 N–H and O–H groups in total. The van der Waals surface area contributed by atoms with Crippen molar-refractivity contribution < 1.29 is 4.79 Å². The van der Waals surface area contributed by atoms with Crippen molar-refractivity contribution in [1.82, 2.24) is 20.1 Å². The molecule has 0 radical (unpaired) electrons. The van der Waals surface area contributed by atoms with Gasteiger partial charge in [0.05, 0.1) is 11.7 Å². The summed E-state index contributed by atoms with van der Waals surface area (Å²) in [4.78, 5) is 18.1. The van der Waals surface area contributed by atoms with Gasteiger partial charge in [-0.15, -0.1) is 10.2 Å². The maximum Gasteiger partial charge on any atom is 0.219 e. The summed E-state index contributed by atoms with van der Waals surface area (Å²) in [5.74, 6) is -0.0150. The highest BCUT2D eigenvalue weighted by molar-refractivity contribution is 7.14. The van der Waals surface area contributed by atoms with E-state index in [2.05, 4.69) is 34.2 Å². The lowest BCUT2D eigenvalue weighted by molar-refractivity contribution is -0.129. The number of likely N-dealkylation sites (N-methyl/N-ethyl adjacent to an activating group) is 1.